The number of aromatic amines is 1. The average Bonchev–Trinajstić information content (AvgIpc) is 1.31. The number of nitrogens with zero attached hydrogens (tertiary/aromatic N) is 1. The number of esters is 1. The molecule has 27 atom stereocenters. The van der Waals surface area contributed by atoms with E-state index in [9.17, 15) is 45.6 Å². The molecule has 11 aliphatic rings. The summed E-state index contributed by atoms with van der Waals surface area (Å²) in [4.78, 5) is 53.9. The lowest BCUT2D eigenvalue weighted by molar-refractivity contribution is -0.233. The second-order valence-corrected chi connectivity index (χ2v) is 32.8. The van der Waals surface area contributed by atoms with Gasteiger partial charge in [0.15, 0.2) is 23.8 Å². The topological polar surface area (TPSA) is 335 Å². The molecule has 490 valence electrons. The first-order valence-corrected chi connectivity index (χ1v) is 36.1. The molecule has 2 saturated heterocycles. The predicted molar refractivity (Wildman–Crippen MR) is 341 cm³/mol. The zero-order chi connectivity index (χ0) is 63.7. The number of hydrogen-bond acceptors (Lipinski definition) is 17. The number of H-pyrrole nitrogens is 1. The average molecular weight is 1280 g/mol. The van der Waals surface area contributed by atoms with Gasteiger partial charge in [-0.15, -0.1) is 5.92 Å². The van der Waals surface area contributed by atoms with Crippen molar-refractivity contribution in [1.29, 1.82) is 0 Å². The van der Waals surface area contributed by atoms with Crippen LogP contribution < -0.4 is 16.8 Å². The maximum absolute atomic E-state index is 16.5. The summed E-state index contributed by atoms with van der Waals surface area (Å²) in [5, 5.41) is 117. The standard InChI is InChI=1S/C70H95N5O13S2/c1-5-51-56(54(65(85)88-51)39-19-20-73-28-39)43-8-6-7-38-26-70(87)59-57(67(3)27-50(79)61(81)47-32-90-89-31-40(34-12-16-42(77)17-13-34)23-49(78)48(30-76)75-60(59)62(82)58(47)67)37-11-15-41(29-74-66(71)72)69(70,25-37)63(38)68(4,86)52(80)24-46(64(83)84)53-36-14-18-44(43)55(53)45-21-33(2)9-10-35(45)22-36/h12-13,16-17,19-20,22,28,33,36-38,40-41,43-48,50-58,61,63-64,73,75-77,79-81,83-84,86-87H,5,7,9-11,14-15,18,21,23-27,29-32H2,1-4H3,(H4,71,72,74). The monoisotopic (exact) mass is 1280 g/mol. The number of benzene rings is 1. The Morgan fingerprint density at radius 2 is 1.66 bits per heavy atom. The van der Waals surface area contributed by atoms with Crippen molar-refractivity contribution >= 4 is 45.1 Å². The van der Waals surface area contributed by atoms with Crippen molar-refractivity contribution in [2.75, 3.05) is 24.7 Å². The zero-order valence-electron chi connectivity index (χ0n) is 52.3. The maximum Gasteiger partial charge on any atom is 0.314 e. The fourth-order valence-electron chi connectivity index (χ4n) is 22.5. The quantitative estimate of drug-likeness (QED) is 0.0282. The Bertz CT molecular complexity index is 3220. The van der Waals surface area contributed by atoms with E-state index >= 15 is 14.7 Å². The number of carbonyl (C=O) groups excluding carboxylic acids is 3. The van der Waals surface area contributed by atoms with E-state index in [1.54, 1.807) is 31.2 Å². The number of phenols is 1. The molecule has 90 heavy (non-hydrogen) atoms. The Kier molecular flexibility index (Phi) is 17.5. The smallest absolute Gasteiger partial charge is 0.314 e. The van der Waals surface area contributed by atoms with Crippen molar-refractivity contribution in [2.24, 2.45) is 122 Å². The fraction of sp³-hybridized carbons (Fsp3) is 0.714. The number of guanidine groups is 1. The van der Waals surface area contributed by atoms with E-state index in [1.165, 1.54) is 27.2 Å². The summed E-state index contributed by atoms with van der Waals surface area (Å²) in [6.07, 6.45) is 5.41. The van der Waals surface area contributed by atoms with Crippen LogP contribution in [0.4, 0.5) is 0 Å². The number of aliphatic hydroxyl groups excluding tert-OH is 5. The number of aromatic nitrogens is 1. The van der Waals surface area contributed by atoms with Crippen LogP contribution in [-0.4, -0.2) is 147 Å². The molecule has 8 bridgehead atoms. The molecule has 1 aromatic heterocycles. The van der Waals surface area contributed by atoms with Crippen molar-refractivity contribution in [3.63, 3.8) is 0 Å². The summed E-state index contributed by atoms with van der Waals surface area (Å²) in [5.74, 6) is -1.04. The Hall–Kier alpha value is -4.40. The first-order valence-electron chi connectivity index (χ1n) is 33.6. The highest BCUT2D eigenvalue weighted by Gasteiger charge is 2.79. The van der Waals surface area contributed by atoms with Gasteiger partial charge >= 0.3 is 5.97 Å². The third-order valence-corrected chi connectivity index (χ3v) is 28.4. The summed E-state index contributed by atoms with van der Waals surface area (Å²) >= 11 is 0. The van der Waals surface area contributed by atoms with Gasteiger partial charge in [-0.3, -0.25) is 19.4 Å². The van der Waals surface area contributed by atoms with E-state index in [4.69, 9.17) is 16.2 Å². The van der Waals surface area contributed by atoms with E-state index in [-0.39, 0.29) is 115 Å². The van der Waals surface area contributed by atoms with Gasteiger partial charge in [-0.05, 0) is 183 Å². The molecule has 18 nitrogen and oxygen atoms in total. The molecule has 27 unspecified atom stereocenters. The second kappa shape index (κ2) is 24.4. The molecule has 1 spiro atoms. The van der Waals surface area contributed by atoms with E-state index in [0.29, 0.717) is 36.5 Å². The number of aliphatic hydroxyl groups is 8. The number of cyclic esters (lactones) is 1. The number of ketones is 2. The molecular formula is C70H95N5O13S2. The molecule has 0 amide bonds. The third-order valence-electron chi connectivity index (χ3n) is 25.9. The number of aromatic hydroxyl groups is 1. The molecule has 20 heteroatoms. The highest BCUT2D eigenvalue weighted by molar-refractivity contribution is 8.76. The first kappa shape index (κ1) is 64.3. The molecule has 2 aliphatic heterocycles. The fourth-order valence-corrected chi connectivity index (χ4v) is 25.2. The molecule has 0 radical (unpaired) electrons. The first-order chi connectivity index (χ1) is 43.0. The molecule has 9 aliphatic carbocycles. The Balaban J connectivity index is 1.03. The van der Waals surface area contributed by atoms with Gasteiger partial charge in [0.05, 0.1) is 47.7 Å². The number of ether oxygens (including phenoxy) is 1. The lowest BCUT2D eigenvalue weighted by atomic mass is 9.37. The maximum atomic E-state index is 16.5. The third kappa shape index (κ3) is 10.3. The minimum Gasteiger partial charge on any atom is -0.508 e. The SMILES string of the molecule is CCC1OC(=O)C(c2cc[nH]c2)C1C1C#CCC2CC3(O)C4=C5NC(CO)C(=O)CC(c6ccc(O)cc6)CSSCC6C(O)C(O)CC(C)(C4C4CCC(CN=C(N)N)C3(C4)C2C(C)(O)C(O)CC(C(O)O)C2C3C=C4CCC(C)CC4C2C1CC3)C6C5=O. The van der Waals surface area contributed by atoms with Crippen molar-refractivity contribution in [2.45, 2.75) is 177 Å². The summed E-state index contributed by atoms with van der Waals surface area (Å²) < 4.78 is 6.40. The summed E-state index contributed by atoms with van der Waals surface area (Å²) in [7, 11) is 2.96. The summed E-state index contributed by atoms with van der Waals surface area (Å²) in [6.45, 7) is 7.22. The van der Waals surface area contributed by atoms with Crippen LogP contribution in [0.15, 0.2) is 70.6 Å². The number of aliphatic imine (C=N–C) groups is 1. The Morgan fingerprint density at radius 3 is 2.37 bits per heavy atom. The normalized spacial score (nSPS) is 46.6. The van der Waals surface area contributed by atoms with Gasteiger partial charge in [0.2, 0.25) is 0 Å². The molecule has 3 heterocycles. The van der Waals surface area contributed by atoms with Crippen LogP contribution in [0.3, 0.4) is 0 Å². The van der Waals surface area contributed by atoms with Gasteiger partial charge in [-0.25, -0.2) is 0 Å². The van der Waals surface area contributed by atoms with Gasteiger partial charge in [0.1, 0.15) is 17.9 Å². The van der Waals surface area contributed by atoms with Crippen LogP contribution in [-0.2, 0) is 19.1 Å². The van der Waals surface area contributed by atoms with Crippen LogP contribution >= 0.6 is 21.6 Å². The molecule has 8 fully saturated rings. The lowest BCUT2D eigenvalue weighted by Gasteiger charge is -2.69. The van der Waals surface area contributed by atoms with Crippen LogP contribution in [0.5, 0.6) is 5.75 Å². The number of rotatable bonds is 8. The van der Waals surface area contributed by atoms with E-state index in [1.807, 2.05) is 32.3 Å². The van der Waals surface area contributed by atoms with Crippen LogP contribution in [0.2, 0.25) is 0 Å². The van der Waals surface area contributed by atoms with Gasteiger partial charge in [-0.2, -0.15) is 0 Å². The molecular weight excluding hydrogens is 1180 g/mol. The molecule has 13 rings (SSSR count). The molecule has 2 aromatic rings. The molecule has 15 N–H and O–H groups in total. The van der Waals surface area contributed by atoms with Crippen molar-refractivity contribution in [3.05, 3.63) is 76.8 Å². The van der Waals surface area contributed by atoms with Gasteiger partial charge in [0.25, 0.3) is 0 Å². The van der Waals surface area contributed by atoms with Gasteiger partial charge in [-0.1, -0.05) is 72.1 Å². The van der Waals surface area contributed by atoms with Crippen LogP contribution in [0, 0.1) is 117 Å². The number of nitrogens with two attached hydrogens (primary N) is 2. The lowest BCUT2D eigenvalue weighted by Crippen LogP contribution is -2.71. The minimum absolute atomic E-state index is 0.00155. The summed E-state index contributed by atoms with van der Waals surface area (Å²) in [6, 6.07) is 7.23. The van der Waals surface area contributed by atoms with E-state index in [0.717, 1.165) is 43.2 Å². The Morgan fingerprint density at radius 1 is 0.889 bits per heavy atom. The molecule has 1 aromatic carbocycles. The predicted octanol–water partition coefficient (Wildman–Crippen LogP) is 5.81. The van der Waals surface area contributed by atoms with Crippen molar-refractivity contribution in [1.82, 2.24) is 10.3 Å². The zero-order valence-corrected chi connectivity index (χ0v) is 53.9. The number of nitrogens with one attached hydrogen (secondary N) is 2. The van der Waals surface area contributed by atoms with E-state index < -0.39 is 136 Å². The highest BCUT2D eigenvalue weighted by atomic mass is 33.1. The minimum atomic E-state index is -2.11. The van der Waals surface area contributed by atoms with E-state index in [2.05, 4.69) is 40.1 Å². The number of carbonyl (C=O) groups is 3. The van der Waals surface area contributed by atoms with Crippen LogP contribution in [0.25, 0.3) is 0 Å². The number of phenolic OH excluding ortho intramolecular Hbond substituents is 1. The second-order valence-electron chi connectivity index (χ2n) is 30.3. The molecule has 6 saturated carbocycles. The van der Waals surface area contributed by atoms with Gasteiger partial charge in [0, 0.05) is 90.1 Å². The van der Waals surface area contributed by atoms with Gasteiger partial charge < -0.3 is 72.5 Å². The van der Waals surface area contributed by atoms with Crippen molar-refractivity contribution in [3.8, 4) is 17.6 Å². The highest BCUT2D eigenvalue weighted by Crippen LogP contribution is 2.77. The number of fused-ring (bicyclic) bond motifs is 8. The largest absolute Gasteiger partial charge is 0.508 e. The van der Waals surface area contributed by atoms with Crippen LogP contribution in [0.1, 0.15) is 141 Å². The number of allylic oxidation sites excluding steroid dienone is 3. The summed E-state index contributed by atoms with van der Waals surface area (Å²) in [5.41, 5.74) is 8.98. The Labute approximate surface area is 536 Å². The van der Waals surface area contributed by atoms with Crippen molar-refractivity contribution < 1.29 is 65.1 Å². The number of Topliss-reactive ketones (excluding diaryl/α,β-unsaturated/α-hetero) is 2. The number of hydrogen-bond donors (Lipinski definition) is 13.